The van der Waals surface area contributed by atoms with E-state index in [4.69, 9.17) is 11.6 Å². The Balaban J connectivity index is 2.85. The smallest absolute Gasteiger partial charge is 0.241 e. The number of carbonyl (C=O) groups excluding carboxylic acids is 1. The van der Waals surface area contributed by atoms with Crippen molar-refractivity contribution in [3.05, 3.63) is 24.3 Å². The molecule has 0 heterocycles. The lowest BCUT2D eigenvalue weighted by Gasteiger charge is -2.36. The summed E-state index contributed by atoms with van der Waals surface area (Å²) in [6, 6.07) is 0. The van der Waals surface area contributed by atoms with Crippen molar-refractivity contribution in [2.75, 3.05) is 13.1 Å². The number of allylic oxidation sites excluding steroid dienone is 2. The van der Waals surface area contributed by atoms with Crippen molar-refractivity contribution in [3.8, 4) is 0 Å². The van der Waals surface area contributed by atoms with Crippen LogP contribution in [0.3, 0.4) is 0 Å². The Morgan fingerprint density at radius 3 is 2.79 bits per heavy atom. The van der Waals surface area contributed by atoms with Crippen LogP contribution in [0.5, 0.6) is 0 Å². The van der Waals surface area contributed by atoms with Gasteiger partial charge in [-0.1, -0.05) is 31.6 Å². The fraction of sp³-hybridized carbons (Fsp3) is 0.688. The van der Waals surface area contributed by atoms with Gasteiger partial charge in [0.05, 0.1) is 0 Å². The SMILES string of the molecule is C=CCN(CC)C(=O)C(Cl)C1C=C(C)CC(C)C1C. The first-order valence-corrected chi connectivity index (χ1v) is 7.57. The molecule has 0 aromatic heterocycles. The number of alkyl halides is 1. The third-order valence-corrected chi connectivity index (χ3v) is 4.72. The van der Waals surface area contributed by atoms with Crippen LogP contribution in [-0.4, -0.2) is 29.3 Å². The highest BCUT2D eigenvalue weighted by molar-refractivity contribution is 6.31. The van der Waals surface area contributed by atoms with E-state index in [1.165, 1.54) is 5.57 Å². The molecule has 0 fully saturated rings. The summed E-state index contributed by atoms with van der Waals surface area (Å²) in [6.45, 7) is 13.5. The summed E-state index contributed by atoms with van der Waals surface area (Å²) in [5.74, 6) is 1.19. The molecule has 108 valence electrons. The van der Waals surface area contributed by atoms with Crippen LogP contribution in [-0.2, 0) is 4.79 Å². The average molecular weight is 284 g/mol. The van der Waals surface area contributed by atoms with Crippen molar-refractivity contribution >= 4 is 17.5 Å². The summed E-state index contributed by atoms with van der Waals surface area (Å²) < 4.78 is 0. The molecular weight excluding hydrogens is 258 g/mol. The highest BCUT2D eigenvalue weighted by Crippen LogP contribution is 2.37. The Morgan fingerprint density at radius 2 is 2.26 bits per heavy atom. The minimum atomic E-state index is -0.465. The van der Waals surface area contributed by atoms with Crippen molar-refractivity contribution in [2.24, 2.45) is 17.8 Å². The largest absolute Gasteiger partial charge is 0.338 e. The fourth-order valence-corrected chi connectivity index (χ4v) is 3.28. The number of hydrogen-bond acceptors (Lipinski definition) is 1. The van der Waals surface area contributed by atoms with E-state index in [-0.39, 0.29) is 11.8 Å². The zero-order chi connectivity index (χ0) is 14.6. The number of halogens is 1. The zero-order valence-corrected chi connectivity index (χ0v) is 13.3. The maximum atomic E-state index is 12.4. The van der Waals surface area contributed by atoms with Crippen LogP contribution < -0.4 is 0 Å². The fourth-order valence-electron chi connectivity index (χ4n) is 2.84. The van der Waals surface area contributed by atoms with Gasteiger partial charge in [0.2, 0.25) is 5.91 Å². The molecule has 0 saturated heterocycles. The van der Waals surface area contributed by atoms with Crippen LogP contribution in [0.15, 0.2) is 24.3 Å². The van der Waals surface area contributed by atoms with Gasteiger partial charge < -0.3 is 4.90 Å². The summed E-state index contributed by atoms with van der Waals surface area (Å²) in [6.07, 6.45) is 5.06. The second-order valence-electron chi connectivity index (χ2n) is 5.70. The van der Waals surface area contributed by atoms with Crippen LogP contribution in [0.2, 0.25) is 0 Å². The molecule has 2 nitrogen and oxygen atoms in total. The Kier molecular flexibility index (Phi) is 6.12. The number of carbonyl (C=O) groups is 1. The normalized spacial score (nSPS) is 28.5. The Labute approximate surface area is 122 Å². The van der Waals surface area contributed by atoms with Gasteiger partial charge in [0.1, 0.15) is 5.38 Å². The maximum Gasteiger partial charge on any atom is 0.241 e. The molecule has 0 saturated carbocycles. The van der Waals surface area contributed by atoms with Crippen molar-refractivity contribution < 1.29 is 4.79 Å². The second kappa shape index (κ2) is 7.14. The first-order chi connectivity index (χ1) is 8.92. The minimum absolute atomic E-state index is 0.0269. The van der Waals surface area contributed by atoms with Gasteiger partial charge in [-0.2, -0.15) is 0 Å². The molecule has 0 bridgehead atoms. The molecule has 4 unspecified atom stereocenters. The third-order valence-electron chi connectivity index (χ3n) is 4.24. The average Bonchev–Trinajstić information content (AvgIpc) is 2.38. The topological polar surface area (TPSA) is 20.3 Å². The molecule has 0 aromatic rings. The third kappa shape index (κ3) is 3.85. The van der Waals surface area contributed by atoms with Gasteiger partial charge in [0.25, 0.3) is 0 Å². The highest BCUT2D eigenvalue weighted by atomic mass is 35.5. The Bertz CT molecular complexity index is 364. The van der Waals surface area contributed by atoms with E-state index in [0.717, 1.165) is 6.42 Å². The lowest BCUT2D eigenvalue weighted by molar-refractivity contribution is -0.131. The van der Waals surface area contributed by atoms with Gasteiger partial charge in [-0.15, -0.1) is 18.2 Å². The Hall–Kier alpha value is -0.760. The van der Waals surface area contributed by atoms with E-state index >= 15 is 0 Å². The molecule has 4 atom stereocenters. The van der Waals surface area contributed by atoms with Crippen molar-refractivity contribution in [1.82, 2.24) is 4.90 Å². The number of nitrogens with zero attached hydrogens (tertiary/aromatic N) is 1. The van der Waals surface area contributed by atoms with Crippen LogP contribution in [0.4, 0.5) is 0 Å². The predicted octanol–water partition coefficient (Wildman–Crippen LogP) is 3.87. The number of amides is 1. The van der Waals surface area contributed by atoms with Crippen LogP contribution >= 0.6 is 11.6 Å². The number of rotatable bonds is 5. The van der Waals surface area contributed by atoms with Gasteiger partial charge in [-0.3, -0.25) is 4.79 Å². The monoisotopic (exact) mass is 283 g/mol. The molecule has 0 aliphatic heterocycles. The van der Waals surface area contributed by atoms with Crippen LogP contribution in [0.25, 0.3) is 0 Å². The lowest BCUT2D eigenvalue weighted by Crippen LogP contribution is -2.42. The van der Waals surface area contributed by atoms with E-state index < -0.39 is 5.38 Å². The summed E-state index contributed by atoms with van der Waals surface area (Å²) in [5.41, 5.74) is 1.35. The van der Waals surface area contributed by atoms with E-state index in [1.807, 2.05) is 6.92 Å². The van der Waals surface area contributed by atoms with Crippen molar-refractivity contribution in [1.29, 1.82) is 0 Å². The summed E-state index contributed by atoms with van der Waals surface area (Å²) in [4.78, 5) is 14.2. The first-order valence-electron chi connectivity index (χ1n) is 7.13. The van der Waals surface area contributed by atoms with Crippen molar-refractivity contribution in [2.45, 2.75) is 39.5 Å². The summed E-state index contributed by atoms with van der Waals surface area (Å²) in [7, 11) is 0. The molecule has 0 N–H and O–H groups in total. The molecular formula is C16H26ClNO. The van der Waals surface area contributed by atoms with E-state index in [1.54, 1.807) is 11.0 Å². The van der Waals surface area contributed by atoms with E-state index in [9.17, 15) is 4.79 Å². The number of likely N-dealkylation sites (N-methyl/N-ethyl adjacent to an activating group) is 1. The van der Waals surface area contributed by atoms with E-state index in [0.29, 0.717) is 24.9 Å². The molecule has 1 aliphatic carbocycles. The molecule has 1 aliphatic rings. The zero-order valence-electron chi connectivity index (χ0n) is 12.5. The predicted molar refractivity (Wildman–Crippen MR) is 82.3 cm³/mol. The molecule has 1 amide bonds. The molecule has 0 aromatic carbocycles. The standard InChI is InChI=1S/C16H26ClNO/c1-6-8-18(7-2)16(19)15(17)14-10-11(3)9-12(4)13(14)5/h6,10,12-15H,1,7-9H2,2-5H3. The summed E-state index contributed by atoms with van der Waals surface area (Å²) >= 11 is 6.47. The Morgan fingerprint density at radius 1 is 1.63 bits per heavy atom. The van der Waals surface area contributed by atoms with E-state index in [2.05, 4.69) is 33.4 Å². The highest BCUT2D eigenvalue weighted by Gasteiger charge is 2.35. The minimum Gasteiger partial charge on any atom is -0.338 e. The maximum absolute atomic E-state index is 12.4. The quantitative estimate of drug-likeness (QED) is 0.554. The van der Waals surface area contributed by atoms with Crippen molar-refractivity contribution in [3.63, 3.8) is 0 Å². The van der Waals surface area contributed by atoms with Crippen LogP contribution in [0, 0.1) is 17.8 Å². The van der Waals surface area contributed by atoms with Gasteiger partial charge in [0.15, 0.2) is 0 Å². The first kappa shape index (κ1) is 16.3. The van der Waals surface area contributed by atoms with Gasteiger partial charge in [-0.25, -0.2) is 0 Å². The molecule has 3 heteroatoms. The van der Waals surface area contributed by atoms with Gasteiger partial charge in [-0.05, 0) is 32.1 Å². The van der Waals surface area contributed by atoms with Gasteiger partial charge in [0, 0.05) is 19.0 Å². The second-order valence-corrected chi connectivity index (χ2v) is 6.17. The molecule has 0 spiro atoms. The lowest BCUT2D eigenvalue weighted by atomic mass is 9.73. The molecule has 19 heavy (non-hydrogen) atoms. The van der Waals surface area contributed by atoms with Crippen LogP contribution in [0.1, 0.15) is 34.1 Å². The van der Waals surface area contributed by atoms with Gasteiger partial charge >= 0.3 is 0 Å². The number of hydrogen-bond donors (Lipinski definition) is 0. The molecule has 0 radical (unpaired) electrons. The molecule has 1 rings (SSSR count). The summed E-state index contributed by atoms with van der Waals surface area (Å²) in [5, 5.41) is -0.465.